The van der Waals surface area contributed by atoms with E-state index in [0.717, 1.165) is 27.8 Å². The van der Waals surface area contributed by atoms with Crippen LogP contribution in [0.15, 0.2) is 152 Å². The minimum absolute atomic E-state index is 0.673. The number of nitrogens with zero attached hydrogens (tertiary/aromatic N) is 1. The van der Waals surface area contributed by atoms with Crippen LogP contribution in [0, 0.1) is 11.3 Å². The van der Waals surface area contributed by atoms with Gasteiger partial charge >= 0.3 is 0 Å². The molecule has 0 N–H and O–H groups in total. The van der Waals surface area contributed by atoms with Crippen LogP contribution in [0.4, 0.5) is 0 Å². The largest absolute Gasteiger partial charge is 0.192 e. The second kappa shape index (κ2) is 10.4. The predicted octanol–water partition coefficient (Wildman–Crippen LogP) is 9.89. The number of rotatable bonds is 5. The SMILES string of the molecule is N#Cc1cc(-c2ccc(-c3cccc(-c4ccccc4)c3)cc2)ccc1-c1cccc(-c2ccccc2)c1. The first-order valence-corrected chi connectivity index (χ1v) is 12.7. The Hall–Kier alpha value is -5.19. The van der Waals surface area contributed by atoms with Crippen molar-refractivity contribution in [2.75, 3.05) is 0 Å². The van der Waals surface area contributed by atoms with E-state index in [4.69, 9.17) is 0 Å². The molecule has 1 heteroatoms. The third kappa shape index (κ3) is 4.76. The Kier molecular flexibility index (Phi) is 6.37. The van der Waals surface area contributed by atoms with Crippen LogP contribution in [-0.4, -0.2) is 0 Å². The Morgan fingerprint density at radius 3 is 1.18 bits per heavy atom. The van der Waals surface area contributed by atoms with Gasteiger partial charge in [-0.15, -0.1) is 0 Å². The molecule has 0 aliphatic carbocycles. The Morgan fingerprint density at radius 1 is 0.316 bits per heavy atom. The Morgan fingerprint density at radius 2 is 0.684 bits per heavy atom. The highest BCUT2D eigenvalue weighted by atomic mass is 14.3. The third-order valence-corrected chi connectivity index (χ3v) is 6.94. The van der Waals surface area contributed by atoms with Crippen molar-refractivity contribution in [3.63, 3.8) is 0 Å². The number of nitriles is 1. The van der Waals surface area contributed by atoms with Gasteiger partial charge in [-0.25, -0.2) is 0 Å². The molecule has 6 aromatic rings. The zero-order chi connectivity index (χ0) is 25.7. The van der Waals surface area contributed by atoms with Crippen LogP contribution in [0.2, 0.25) is 0 Å². The summed E-state index contributed by atoms with van der Waals surface area (Å²) >= 11 is 0. The van der Waals surface area contributed by atoms with Gasteiger partial charge in [0, 0.05) is 0 Å². The first kappa shape index (κ1) is 23.2. The van der Waals surface area contributed by atoms with Gasteiger partial charge in [-0.05, 0) is 73.8 Å². The fourth-order valence-corrected chi connectivity index (χ4v) is 4.93. The molecule has 0 aromatic heterocycles. The molecule has 0 saturated heterocycles. The molecule has 0 heterocycles. The Balaban J connectivity index is 1.29. The fraction of sp³-hybridized carbons (Fsp3) is 0. The highest BCUT2D eigenvalue weighted by molar-refractivity contribution is 5.80. The van der Waals surface area contributed by atoms with E-state index in [9.17, 15) is 5.26 Å². The highest BCUT2D eigenvalue weighted by Crippen LogP contribution is 2.33. The molecule has 0 spiro atoms. The summed E-state index contributed by atoms with van der Waals surface area (Å²) in [5.74, 6) is 0. The molecule has 0 aliphatic rings. The first-order valence-electron chi connectivity index (χ1n) is 12.7. The summed E-state index contributed by atoms with van der Waals surface area (Å²) in [6, 6.07) is 55.0. The van der Waals surface area contributed by atoms with E-state index >= 15 is 0 Å². The topological polar surface area (TPSA) is 23.8 Å². The van der Waals surface area contributed by atoms with E-state index in [2.05, 4.69) is 127 Å². The van der Waals surface area contributed by atoms with E-state index < -0.39 is 0 Å². The van der Waals surface area contributed by atoms with E-state index in [1.807, 2.05) is 30.3 Å². The van der Waals surface area contributed by atoms with Gasteiger partial charge in [0.2, 0.25) is 0 Å². The molecule has 178 valence electrons. The van der Waals surface area contributed by atoms with Crippen LogP contribution in [-0.2, 0) is 0 Å². The molecule has 6 aromatic carbocycles. The first-order chi connectivity index (χ1) is 18.8. The molecular formula is C37H25N. The summed E-state index contributed by atoms with van der Waals surface area (Å²) in [6.07, 6.45) is 0. The molecule has 0 saturated carbocycles. The van der Waals surface area contributed by atoms with Gasteiger partial charge in [0.25, 0.3) is 0 Å². The van der Waals surface area contributed by atoms with Gasteiger partial charge < -0.3 is 0 Å². The third-order valence-electron chi connectivity index (χ3n) is 6.94. The lowest BCUT2D eigenvalue weighted by molar-refractivity contribution is 1.47. The van der Waals surface area contributed by atoms with Crippen molar-refractivity contribution in [1.29, 1.82) is 5.26 Å². The highest BCUT2D eigenvalue weighted by Gasteiger charge is 2.10. The molecule has 38 heavy (non-hydrogen) atoms. The summed E-state index contributed by atoms with van der Waals surface area (Å²) in [5.41, 5.74) is 11.9. The van der Waals surface area contributed by atoms with Crippen molar-refractivity contribution >= 4 is 0 Å². The lowest BCUT2D eigenvalue weighted by Crippen LogP contribution is -1.88. The van der Waals surface area contributed by atoms with Crippen LogP contribution >= 0.6 is 0 Å². The molecule has 6 rings (SSSR count). The van der Waals surface area contributed by atoms with Crippen LogP contribution in [0.25, 0.3) is 55.6 Å². The second-order valence-electron chi connectivity index (χ2n) is 9.34. The van der Waals surface area contributed by atoms with E-state index in [1.165, 1.54) is 27.8 Å². The standard InChI is InChI=1S/C37H25N/c38-26-36-25-34(21-22-37(36)35-16-8-15-33(24-35)28-11-5-2-6-12-28)30-19-17-29(18-20-30)32-14-7-13-31(23-32)27-9-3-1-4-10-27/h1-25H. The van der Waals surface area contributed by atoms with Gasteiger partial charge in [-0.1, -0.05) is 133 Å². The monoisotopic (exact) mass is 483 g/mol. The average Bonchev–Trinajstić information content (AvgIpc) is 3.02. The summed E-state index contributed by atoms with van der Waals surface area (Å²) in [7, 11) is 0. The van der Waals surface area contributed by atoms with Crippen LogP contribution in [0.1, 0.15) is 5.56 Å². The van der Waals surface area contributed by atoms with Gasteiger partial charge in [0.05, 0.1) is 11.6 Å². The van der Waals surface area contributed by atoms with Crippen LogP contribution in [0.5, 0.6) is 0 Å². The predicted molar refractivity (Wildman–Crippen MR) is 158 cm³/mol. The van der Waals surface area contributed by atoms with Gasteiger partial charge in [-0.2, -0.15) is 5.26 Å². The van der Waals surface area contributed by atoms with Gasteiger partial charge in [0.1, 0.15) is 0 Å². The minimum atomic E-state index is 0.673. The number of hydrogen-bond acceptors (Lipinski definition) is 1. The molecule has 1 nitrogen and oxygen atoms in total. The van der Waals surface area contributed by atoms with Crippen molar-refractivity contribution in [3.05, 3.63) is 157 Å². The lowest BCUT2D eigenvalue weighted by Gasteiger charge is -2.11. The van der Waals surface area contributed by atoms with Crippen molar-refractivity contribution < 1.29 is 0 Å². The normalized spacial score (nSPS) is 10.6. The number of benzene rings is 6. The van der Waals surface area contributed by atoms with Crippen molar-refractivity contribution in [3.8, 4) is 61.7 Å². The fourth-order valence-electron chi connectivity index (χ4n) is 4.93. The molecule has 0 fully saturated rings. The smallest absolute Gasteiger partial charge is 0.0998 e. The van der Waals surface area contributed by atoms with E-state index in [-0.39, 0.29) is 0 Å². The molecule has 0 amide bonds. The van der Waals surface area contributed by atoms with Gasteiger partial charge in [0.15, 0.2) is 0 Å². The molecule has 0 bridgehead atoms. The number of hydrogen-bond donors (Lipinski definition) is 0. The van der Waals surface area contributed by atoms with E-state index in [1.54, 1.807) is 0 Å². The van der Waals surface area contributed by atoms with Crippen molar-refractivity contribution in [2.45, 2.75) is 0 Å². The second-order valence-corrected chi connectivity index (χ2v) is 9.34. The maximum Gasteiger partial charge on any atom is 0.0998 e. The van der Waals surface area contributed by atoms with Crippen molar-refractivity contribution in [2.24, 2.45) is 0 Å². The lowest BCUT2D eigenvalue weighted by atomic mass is 9.93. The van der Waals surface area contributed by atoms with Gasteiger partial charge in [-0.3, -0.25) is 0 Å². The van der Waals surface area contributed by atoms with Crippen molar-refractivity contribution in [1.82, 2.24) is 0 Å². The van der Waals surface area contributed by atoms with E-state index in [0.29, 0.717) is 5.56 Å². The zero-order valence-corrected chi connectivity index (χ0v) is 20.9. The molecule has 0 radical (unpaired) electrons. The average molecular weight is 484 g/mol. The van der Waals surface area contributed by atoms with Crippen LogP contribution < -0.4 is 0 Å². The Bertz CT molecular complexity index is 1740. The molecule has 0 atom stereocenters. The molecular weight excluding hydrogens is 458 g/mol. The summed E-state index contributed by atoms with van der Waals surface area (Å²) in [6.45, 7) is 0. The molecule has 0 aliphatic heterocycles. The maximum absolute atomic E-state index is 10.0. The minimum Gasteiger partial charge on any atom is -0.192 e. The molecule has 0 unspecified atom stereocenters. The van der Waals surface area contributed by atoms with Crippen LogP contribution in [0.3, 0.4) is 0 Å². The Labute approximate surface area is 223 Å². The zero-order valence-electron chi connectivity index (χ0n) is 20.9. The summed E-state index contributed by atoms with van der Waals surface area (Å²) in [5, 5.41) is 10.0. The quantitative estimate of drug-likeness (QED) is 0.239. The summed E-state index contributed by atoms with van der Waals surface area (Å²) in [4.78, 5) is 0. The maximum atomic E-state index is 10.0. The summed E-state index contributed by atoms with van der Waals surface area (Å²) < 4.78 is 0.